The van der Waals surface area contributed by atoms with Crippen LogP contribution in [0.5, 0.6) is 0 Å². The summed E-state index contributed by atoms with van der Waals surface area (Å²) in [5, 5.41) is 0.687. The van der Waals surface area contributed by atoms with Gasteiger partial charge in [-0.25, -0.2) is 8.78 Å². The first-order valence-corrected chi connectivity index (χ1v) is 12.0. The summed E-state index contributed by atoms with van der Waals surface area (Å²) in [5.41, 5.74) is 1.47. The summed E-state index contributed by atoms with van der Waals surface area (Å²) in [4.78, 5) is 39.4. The van der Waals surface area contributed by atoms with Gasteiger partial charge in [0.25, 0.3) is 0 Å². The van der Waals surface area contributed by atoms with Crippen LogP contribution in [0.2, 0.25) is 5.02 Å². The highest BCUT2D eigenvalue weighted by Crippen LogP contribution is 2.28. The van der Waals surface area contributed by atoms with E-state index in [0.717, 1.165) is 4.47 Å². The Kier molecular flexibility index (Phi) is 7.19. The third kappa shape index (κ3) is 4.93. The quantitative estimate of drug-likeness (QED) is 0.362. The highest BCUT2D eigenvalue weighted by atomic mass is 79.9. The lowest BCUT2D eigenvalue weighted by atomic mass is 10.0. The Bertz CT molecular complexity index is 1290. The van der Waals surface area contributed by atoms with Gasteiger partial charge in [0.2, 0.25) is 5.91 Å². The van der Waals surface area contributed by atoms with Crippen LogP contribution < -0.4 is 0 Å². The van der Waals surface area contributed by atoms with E-state index >= 15 is 0 Å². The van der Waals surface area contributed by atoms with Crippen LogP contribution in [-0.4, -0.2) is 45.7 Å². The molecule has 2 heterocycles. The number of benzene rings is 2. The number of rotatable bonds is 7. The molecule has 0 bridgehead atoms. The largest absolute Gasteiger partial charge is 0.337 e. The van der Waals surface area contributed by atoms with Crippen LogP contribution in [0.15, 0.2) is 47.1 Å². The van der Waals surface area contributed by atoms with Crippen molar-refractivity contribution in [2.24, 2.45) is 0 Å². The van der Waals surface area contributed by atoms with E-state index < -0.39 is 23.9 Å². The minimum absolute atomic E-state index is 0.0260. The molecular formula is C25H22BrClF2N2O3. The number of Topliss-reactive ketones (excluding diaryl/α,β-unsaturated/α-hetero) is 2. The first-order valence-electron chi connectivity index (χ1n) is 10.8. The molecule has 9 heteroatoms. The zero-order valence-corrected chi connectivity index (χ0v) is 20.7. The summed E-state index contributed by atoms with van der Waals surface area (Å²) in [7, 11) is 0. The van der Waals surface area contributed by atoms with Crippen LogP contribution in [0.1, 0.15) is 35.7 Å². The minimum Gasteiger partial charge on any atom is -0.337 e. The highest BCUT2D eigenvalue weighted by molar-refractivity contribution is 9.10. The van der Waals surface area contributed by atoms with Gasteiger partial charge in [-0.2, -0.15) is 0 Å². The summed E-state index contributed by atoms with van der Waals surface area (Å²) in [6.07, 6.45) is 0.285. The Labute approximate surface area is 208 Å². The number of likely N-dealkylation sites (tertiary alicyclic amines) is 1. The summed E-state index contributed by atoms with van der Waals surface area (Å²) in [6.45, 7) is 1.14. The van der Waals surface area contributed by atoms with E-state index in [9.17, 15) is 23.2 Å². The zero-order chi connectivity index (χ0) is 24.6. The Morgan fingerprint density at radius 2 is 1.97 bits per heavy atom. The van der Waals surface area contributed by atoms with E-state index in [1.54, 1.807) is 35.0 Å². The molecule has 3 aromatic rings. The topological polar surface area (TPSA) is 59.4 Å². The molecule has 2 atom stereocenters. The Morgan fingerprint density at radius 3 is 2.71 bits per heavy atom. The van der Waals surface area contributed by atoms with E-state index in [1.165, 1.54) is 17.9 Å². The van der Waals surface area contributed by atoms with E-state index in [-0.39, 0.29) is 48.9 Å². The Balaban J connectivity index is 1.52. The van der Waals surface area contributed by atoms with Crippen molar-refractivity contribution in [2.45, 2.75) is 44.9 Å². The average Bonchev–Trinajstić information content (AvgIpc) is 3.35. The number of fused-ring (bicyclic) bond motifs is 1. The second-order valence-electron chi connectivity index (χ2n) is 8.46. The van der Waals surface area contributed by atoms with Gasteiger partial charge in [0.1, 0.15) is 18.5 Å². The molecule has 1 aromatic heterocycles. The van der Waals surface area contributed by atoms with Gasteiger partial charge < -0.3 is 9.47 Å². The molecule has 0 unspecified atom stereocenters. The van der Waals surface area contributed by atoms with Crippen molar-refractivity contribution in [2.75, 3.05) is 6.54 Å². The van der Waals surface area contributed by atoms with Crippen molar-refractivity contribution in [3.05, 3.63) is 69.0 Å². The van der Waals surface area contributed by atoms with Gasteiger partial charge in [-0.05, 0) is 37.1 Å². The van der Waals surface area contributed by atoms with E-state index in [0.29, 0.717) is 22.0 Å². The molecule has 1 aliphatic rings. The van der Waals surface area contributed by atoms with Crippen molar-refractivity contribution in [1.82, 2.24) is 9.47 Å². The van der Waals surface area contributed by atoms with Gasteiger partial charge in [0.15, 0.2) is 11.6 Å². The third-order valence-electron chi connectivity index (χ3n) is 6.14. The van der Waals surface area contributed by atoms with Crippen molar-refractivity contribution < 1.29 is 23.2 Å². The molecule has 0 radical (unpaired) electrons. The number of amides is 1. The molecule has 178 valence electrons. The number of halogens is 4. The summed E-state index contributed by atoms with van der Waals surface area (Å²) < 4.78 is 30.9. The summed E-state index contributed by atoms with van der Waals surface area (Å²) >= 11 is 9.21. The number of aromatic nitrogens is 1. The highest BCUT2D eigenvalue weighted by Gasteiger charge is 2.39. The monoisotopic (exact) mass is 550 g/mol. The maximum absolute atomic E-state index is 14.3. The summed E-state index contributed by atoms with van der Waals surface area (Å²) in [5.74, 6) is -1.45. The van der Waals surface area contributed by atoms with Gasteiger partial charge in [0.05, 0.1) is 23.1 Å². The van der Waals surface area contributed by atoms with Crippen LogP contribution in [0.25, 0.3) is 10.9 Å². The molecule has 1 aliphatic heterocycles. The first-order chi connectivity index (χ1) is 16.2. The minimum atomic E-state index is -1.32. The van der Waals surface area contributed by atoms with E-state index in [2.05, 4.69) is 15.9 Å². The lowest BCUT2D eigenvalue weighted by Crippen LogP contribution is -2.42. The number of hydrogen-bond acceptors (Lipinski definition) is 3. The van der Waals surface area contributed by atoms with Gasteiger partial charge in [-0.15, -0.1) is 0 Å². The summed E-state index contributed by atoms with van der Waals surface area (Å²) in [6, 6.07) is 9.08. The molecule has 0 N–H and O–H groups in total. The van der Waals surface area contributed by atoms with Crippen LogP contribution in [0.3, 0.4) is 0 Å². The number of aryl methyl sites for hydroxylation is 1. The number of hydrogen-bond donors (Lipinski definition) is 0. The number of nitrogens with zero attached hydrogens (tertiary/aromatic N) is 2. The number of ketones is 2. The predicted molar refractivity (Wildman–Crippen MR) is 129 cm³/mol. The lowest BCUT2D eigenvalue weighted by Gasteiger charge is -2.24. The van der Waals surface area contributed by atoms with Crippen molar-refractivity contribution in [1.29, 1.82) is 0 Å². The van der Waals surface area contributed by atoms with Gasteiger partial charge in [-0.1, -0.05) is 45.7 Å². The van der Waals surface area contributed by atoms with Crippen molar-refractivity contribution >= 4 is 55.9 Å². The Morgan fingerprint density at radius 1 is 1.21 bits per heavy atom. The fraction of sp³-hybridized carbons (Fsp3) is 0.320. The molecule has 1 amide bonds. The fourth-order valence-electron chi connectivity index (χ4n) is 4.44. The standard InChI is InChI=1S/C25H22BrClF2N2O3/c1-14(32)19-12-30(21-9-16(26)6-7-18(19)21)13-24(34)31-11-17(28)10-22(31)23(33)8-5-15-3-2-4-20(27)25(15)29/h2-4,6-7,9,12,17,22H,5,8,10-11,13H2,1H3/t17-,22+/m1/s1. The van der Waals surface area contributed by atoms with Gasteiger partial charge >= 0.3 is 0 Å². The van der Waals surface area contributed by atoms with Crippen molar-refractivity contribution in [3.8, 4) is 0 Å². The number of carbonyl (C=O) groups is 3. The maximum atomic E-state index is 14.3. The van der Waals surface area contributed by atoms with Crippen molar-refractivity contribution in [3.63, 3.8) is 0 Å². The van der Waals surface area contributed by atoms with Gasteiger partial charge in [0, 0.05) is 34.5 Å². The zero-order valence-electron chi connectivity index (χ0n) is 18.4. The second kappa shape index (κ2) is 9.96. The second-order valence-corrected chi connectivity index (χ2v) is 9.79. The first kappa shape index (κ1) is 24.5. The van der Waals surface area contributed by atoms with Crippen LogP contribution >= 0.6 is 27.5 Å². The smallest absolute Gasteiger partial charge is 0.243 e. The number of alkyl halides is 1. The maximum Gasteiger partial charge on any atom is 0.243 e. The molecule has 5 nitrogen and oxygen atoms in total. The molecule has 1 fully saturated rings. The predicted octanol–water partition coefficient (Wildman–Crippen LogP) is 5.54. The molecule has 34 heavy (non-hydrogen) atoms. The molecule has 4 rings (SSSR count). The van der Waals surface area contributed by atoms with E-state index in [1.807, 2.05) is 6.07 Å². The fourth-order valence-corrected chi connectivity index (χ4v) is 4.99. The Hall–Kier alpha value is -2.58. The third-order valence-corrected chi connectivity index (χ3v) is 6.93. The number of carbonyl (C=O) groups excluding carboxylic acids is 3. The van der Waals surface area contributed by atoms with Crippen LogP contribution in [0, 0.1) is 5.82 Å². The molecule has 0 saturated carbocycles. The SMILES string of the molecule is CC(=O)c1cn(CC(=O)N2C[C@H](F)C[C@H]2C(=O)CCc2cccc(Cl)c2F)c2cc(Br)ccc12. The normalized spacial score (nSPS) is 18.0. The van der Waals surface area contributed by atoms with Gasteiger partial charge in [-0.3, -0.25) is 14.4 Å². The molecule has 0 aliphatic carbocycles. The molecule has 1 saturated heterocycles. The van der Waals surface area contributed by atoms with Crippen LogP contribution in [-0.2, 0) is 22.6 Å². The lowest BCUT2D eigenvalue weighted by molar-refractivity contribution is -0.138. The average molecular weight is 552 g/mol. The van der Waals surface area contributed by atoms with Crippen LogP contribution in [0.4, 0.5) is 8.78 Å². The van der Waals surface area contributed by atoms with E-state index in [4.69, 9.17) is 11.6 Å². The molecule has 2 aromatic carbocycles. The molecular weight excluding hydrogens is 530 g/mol. The molecule has 0 spiro atoms.